The summed E-state index contributed by atoms with van der Waals surface area (Å²) in [6, 6.07) is 12.6. The maximum absolute atomic E-state index is 13.6. The minimum Gasteiger partial charge on any atom is -0.388 e. The van der Waals surface area contributed by atoms with Crippen LogP contribution in [0.25, 0.3) is 27.7 Å². The van der Waals surface area contributed by atoms with Crippen molar-refractivity contribution in [3.05, 3.63) is 99.5 Å². The molecule has 200 valence electrons. The molecular weight excluding hydrogens is 497 g/mol. The highest BCUT2D eigenvalue weighted by Gasteiger charge is 2.33. The largest absolute Gasteiger partial charge is 0.388 e. The van der Waals surface area contributed by atoms with Crippen LogP contribution in [0.5, 0.6) is 0 Å². The molecule has 5 rings (SSSR count). The van der Waals surface area contributed by atoms with Crippen LogP contribution in [0.15, 0.2) is 65.7 Å². The topological polar surface area (TPSA) is 112 Å². The number of benzene rings is 2. The van der Waals surface area contributed by atoms with Gasteiger partial charge in [0.1, 0.15) is 11.3 Å². The van der Waals surface area contributed by atoms with Crippen LogP contribution in [0.3, 0.4) is 0 Å². The molecule has 0 aliphatic carbocycles. The summed E-state index contributed by atoms with van der Waals surface area (Å²) in [5.74, 6) is -1.18. The van der Waals surface area contributed by atoms with Gasteiger partial charge in [-0.2, -0.15) is 5.10 Å². The summed E-state index contributed by atoms with van der Waals surface area (Å²) in [4.78, 5) is 34.4. The molecule has 3 aromatic heterocycles. The van der Waals surface area contributed by atoms with Crippen LogP contribution < -0.4 is 10.9 Å². The van der Waals surface area contributed by atoms with Gasteiger partial charge in [0.25, 0.3) is 11.5 Å². The van der Waals surface area contributed by atoms with Gasteiger partial charge in [-0.05, 0) is 62.1 Å². The lowest BCUT2D eigenvalue weighted by Crippen LogP contribution is -2.42. The molecule has 3 heterocycles. The molecule has 39 heavy (non-hydrogen) atoms. The number of aromatic nitrogens is 4. The zero-order valence-corrected chi connectivity index (χ0v) is 22.4. The van der Waals surface area contributed by atoms with Crippen LogP contribution >= 0.6 is 0 Å². The fraction of sp³-hybridized carbons (Fsp3) is 0.267. The molecule has 0 bridgehead atoms. The third-order valence-electron chi connectivity index (χ3n) is 6.89. The number of hydrogen-bond acceptors (Lipinski definition) is 5. The van der Waals surface area contributed by atoms with E-state index in [2.05, 4.69) is 20.4 Å². The second-order valence-electron chi connectivity index (χ2n) is 10.7. The van der Waals surface area contributed by atoms with Crippen molar-refractivity contribution >= 4 is 22.3 Å². The maximum Gasteiger partial charge on any atom is 0.274 e. The van der Waals surface area contributed by atoms with Crippen molar-refractivity contribution in [2.75, 3.05) is 0 Å². The van der Waals surface area contributed by atoms with E-state index in [0.29, 0.717) is 22.4 Å². The Bertz CT molecular complexity index is 1760. The molecule has 9 heteroatoms. The van der Waals surface area contributed by atoms with Gasteiger partial charge in [0.05, 0.1) is 29.1 Å². The number of nitrogens with one attached hydrogen (secondary N) is 2. The van der Waals surface area contributed by atoms with E-state index < -0.39 is 23.4 Å². The Kier molecular flexibility index (Phi) is 6.56. The summed E-state index contributed by atoms with van der Waals surface area (Å²) in [6.07, 6.45) is 3.37. The van der Waals surface area contributed by atoms with E-state index in [1.165, 1.54) is 28.8 Å². The predicted octanol–water partition coefficient (Wildman–Crippen LogP) is 5.05. The summed E-state index contributed by atoms with van der Waals surface area (Å²) in [5.41, 5.74) is 2.76. The predicted molar refractivity (Wildman–Crippen MR) is 148 cm³/mol. The lowest BCUT2D eigenvalue weighted by atomic mass is 9.91. The lowest BCUT2D eigenvalue weighted by Gasteiger charge is -2.30. The van der Waals surface area contributed by atoms with Gasteiger partial charge in [0.15, 0.2) is 5.69 Å². The Labute approximate surface area is 224 Å². The Morgan fingerprint density at radius 2 is 1.87 bits per heavy atom. The average molecular weight is 528 g/mol. The first-order chi connectivity index (χ1) is 18.4. The van der Waals surface area contributed by atoms with Gasteiger partial charge in [0, 0.05) is 22.7 Å². The van der Waals surface area contributed by atoms with Crippen LogP contribution in [0.4, 0.5) is 4.39 Å². The number of pyridine rings is 1. The number of aromatic amines is 1. The molecule has 0 fully saturated rings. The smallest absolute Gasteiger partial charge is 0.274 e. The van der Waals surface area contributed by atoms with Crippen LogP contribution in [0.1, 0.15) is 66.8 Å². The van der Waals surface area contributed by atoms with E-state index >= 15 is 0 Å². The summed E-state index contributed by atoms with van der Waals surface area (Å²) in [7, 11) is 0. The average Bonchev–Trinajstić information content (AvgIpc) is 3.28. The number of carbonyl (C=O) groups is 1. The van der Waals surface area contributed by atoms with Crippen molar-refractivity contribution in [3.63, 3.8) is 0 Å². The van der Waals surface area contributed by atoms with Gasteiger partial charge in [-0.15, -0.1) is 0 Å². The van der Waals surface area contributed by atoms with Crippen molar-refractivity contribution in [3.8, 4) is 11.3 Å². The zero-order valence-electron chi connectivity index (χ0n) is 22.4. The highest BCUT2D eigenvalue weighted by molar-refractivity contribution is 5.96. The van der Waals surface area contributed by atoms with Crippen LogP contribution in [-0.2, 0) is 0 Å². The maximum atomic E-state index is 13.6. The molecule has 5 aromatic rings. The molecule has 1 atom stereocenters. The standard InChI is InChI=1S/C30H30FN5O3/c1-16(2)24-25(28(37)34-27(30(4,5)39)18-9-11-20(31)12-10-18)35-36-15-23(33-29(38)26(24)36)19-13-21-17(3)7-6-8-22(21)32-14-19/h6-16,27,39H,1-5H3,(H,33,38)(H,34,37). The first-order valence-electron chi connectivity index (χ1n) is 12.7. The molecular formula is C30H30FN5O3. The van der Waals surface area contributed by atoms with E-state index in [0.717, 1.165) is 16.5 Å². The summed E-state index contributed by atoms with van der Waals surface area (Å²) in [6.45, 7) is 8.88. The number of H-pyrrole nitrogens is 1. The fourth-order valence-electron chi connectivity index (χ4n) is 4.93. The molecule has 1 unspecified atom stereocenters. The Morgan fingerprint density at radius 3 is 2.54 bits per heavy atom. The molecule has 0 saturated heterocycles. The number of rotatable bonds is 6. The summed E-state index contributed by atoms with van der Waals surface area (Å²) < 4.78 is 15.0. The van der Waals surface area contributed by atoms with E-state index in [1.54, 1.807) is 26.2 Å². The van der Waals surface area contributed by atoms with Gasteiger partial charge in [-0.3, -0.25) is 14.6 Å². The van der Waals surface area contributed by atoms with E-state index in [-0.39, 0.29) is 22.7 Å². The normalized spacial score (nSPS) is 12.8. The van der Waals surface area contributed by atoms with Crippen molar-refractivity contribution in [1.29, 1.82) is 0 Å². The lowest BCUT2D eigenvalue weighted by molar-refractivity contribution is 0.0342. The monoisotopic (exact) mass is 527 g/mol. The van der Waals surface area contributed by atoms with E-state index in [1.807, 2.05) is 45.0 Å². The van der Waals surface area contributed by atoms with Crippen molar-refractivity contribution in [1.82, 2.24) is 24.9 Å². The van der Waals surface area contributed by atoms with E-state index in [4.69, 9.17) is 0 Å². The number of aryl methyl sites for hydroxylation is 1. The molecule has 1 amide bonds. The molecule has 3 N–H and O–H groups in total. The number of hydrogen-bond donors (Lipinski definition) is 3. The van der Waals surface area contributed by atoms with Gasteiger partial charge < -0.3 is 15.4 Å². The van der Waals surface area contributed by atoms with Gasteiger partial charge >= 0.3 is 0 Å². The number of amides is 1. The molecule has 8 nitrogen and oxygen atoms in total. The first-order valence-corrected chi connectivity index (χ1v) is 12.7. The Balaban J connectivity index is 1.60. The summed E-state index contributed by atoms with van der Waals surface area (Å²) >= 11 is 0. The molecule has 0 spiro atoms. The SMILES string of the molecule is Cc1cccc2ncc(-c3cn4nc(C(=O)NC(c5ccc(F)cc5)C(C)(C)O)c(C(C)C)c4c(=O)[nH]3)cc12. The third kappa shape index (κ3) is 4.93. The van der Waals surface area contributed by atoms with Crippen molar-refractivity contribution in [2.24, 2.45) is 0 Å². The van der Waals surface area contributed by atoms with Gasteiger partial charge in [-0.25, -0.2) is 8.91 Å². The third-order valence-corrected chi connectivity index (χ3v) is 6.89. The molecule has 0 saturated carbocycles. The van der Waals surface area contributed by atoms with Crippen LogP contribution in [-0.4, -0.2) is 36.2 Å². The van der Waals surface area contributed by atoms with Crippen LogP contribution in [0, 0.1) is 12.7 Å². The van der Waals surface area contributed by atoms with Gasteiger partial charge in [-0.1, -0.05) is 38.1 Å². The highest BCUT2D eigenvalue weighted by atomic mass is 19.1. The number of nitrogens with zero attached hydrogens (tertiary/aromatic N) is 3. The molecule has 0 radical (unpaired) electrons. The molecule has 0 aliphatic rings. The highest BCUT2D eigenvalue weighted by Crippen LogP contribution is 2.29. The minimum absolute atomic E-state index is 0.0801. The number of aliphatic hydroxyl groups is 1. The molecule has 2 aromatic carbocycles. The van der Waals surface area contributed by atoms with Crippen molar-refractivity contribution < 1.29 is 14.3 Å². The quantitative estimate of drug-likeness (QED) is 0.286. The zero-order chi connectivity index (χ0) is 28.1. The number of halogens is 1. The van der Waals surface area contributed by atoms with Crippen molar-refractivity contribution in [2.45, 2.75) is 52.2 Å². The van der Waals surface area contributed by atoms with Crippen LogP contribution in [0.2, 0.25) is 0 Å². The minimum atomic E-state index is -1.36. The number of carbonyl (C=O) groups excluding carboxylic acids is 1. The second-order valence-corrected chi connectivity index (χ2v) is 10.7. The summed E-state index contributed by atoms with van der Waals surface area (Å²) in [5, 5.41) is 19.2. The Hall–Kier alpha value is -4.37. The Morgan fingerprint density at radius 1 is 1.15 bits per heavy atom. The second kappa shape index (κ2) is 9.74. The van der Waals surface area contributed by atoms with Gasteiger partial charge in [0.2, 0.25) is 0 Å². The van der Waals surface area contributed by atoms with E-state index in [9.17, 15) is 19.1 Å². The number of fused-ring (bicyclic) bond motifs is 2. The molecule has 0 aliphatic heterocycles. The fourth-order valence-corrected chi connectivity index (χ4v) is 4.93. The first kappa shape index (κ1) is 26.2.